The summed E-state index contributed by atoms with van der Waals surface area (Å²) in [5.74, 6) is -0.193. The van der Waals surface area contributed by atoms with Crippen LogP contribution in [0.3, 0.4) is 0 Å². The molecule has 0 atom stereocenters. The molecule has 1 rings (SSSR count). The lowest BCUT2D eigenvalue weighted by atomic mass is 10.2. The highest BCUT2D eigenvalue weighted by Crippen LogP contribution is 1.93. The molecule has 17 heavy (non-hydrogen) atoms. The molecule has 1 amide bonds. The van der Waals surface area contributed by atoms with E-state index in [-0.39, 0.29) is 11.5 Å². The SMILES string of the molecule is O=C(NCCCOCCBr)c1ccc(=O)[nH]c1. The molecule has 2 N–H and O–H groups in total. The number of rotatable bonds is 7. The molecular weight excluding hydrogens is 288 g/mol. The first-order valence-electron chi connectivity index (χ1n) is 5.34. The lowest BCUT2D eigenvalue weighted by molar-refractivity contribution is 0.0944. The molecule has 1 heterocycles. The number of aromatic amines is 1. The molecule has 0 aliphatic heterocycles. The van der Waals surface area contributed by atoms with Crippen LogP contribution in [0.25, 0.3) is 0 Å². The third-order valence-corrected chi connectivity index (χ3v) is 2.34. The summed E-state index contributed by atoms with van der Waals surface area (Å²) in [4.78, 5) is 24.8. The average Bonchev–Trinajstić information content (AvgIpc) is 2.34. The minimum Gasteiger partial charge on any atom is -0.381 e. The maximum absolute atomic E-state index is 11.6. The number of carbonyl (C=O) groups excluding carboxylic acids is 1. The van der Waals surface area contributed by atoms with Crippen LogP contribution in [0.2, 0.25) is 0 Å². The number of alkyl halides is 1. The smallest absolute Gasteiger partial charge is 0.252 e. The van der Waals surface area contributed by atoms with Gasteiger partial charge in [0.05, 0.1) is 12.2 Å². The van der Waals surface area contributed by atoms with Gasteiger partial charge in [0.15, 0.2) is 0 Å². The third-order valence-electron chi connectivity index (χ3n) is 2.02. The van der Waals surface area contributed by atoms with E-state index in [1.165, 1.54) is 18.3 Å². The maximum atomic E-state index is 11.6. The molecule has 0 fully saturated rings. The Kier molecular flexibility index (Phi) is 6.57. The number of hydrogen-bond donors (Lipinski definition) is 2. The van der Waals surface area contributed by atoms with Gasteiger partial charge in [0.1, 0.15) is 0 Å². The molecule has 1 aromatic heterocycles. The van der Waals surface area contributed by atoms with E-state index < -0.39 is 0 Å². The zero-order valence-electron chi connectivity index (χ0n) is 9.37. The van der Waals surface area contributed by atoms with Gasteiger partial charge in [0.25, 0.3) is 5.91 Å². The Morgan fingerprint density at radius 2 is 2.24 bits per heavy atom. The number of carbonyl (C=O) groups is 1. The number of H-pyrrole nitrogens is 1. The van der Waals surface area contributed by atoms with Crippen molar-refractivity contribution < 1.29 is 9.53 Å². The first-order valence-corrected chi connectivity index (χ1v) is 6.47. The number of nitrogens with one attached hydrogen (secondary N) is 2. The van der Waals surface area contributed by atoms with E-state index in [1.807, 2.05) is 0 Å². The van der Waals surface area contributed by atoms with Gasteiger partial charge in [-0.05, 0) is 12.5 Å². The molecular formula is C11H15BrN2O3. The van der Waals surface area contributed by atoms with Crippen LogP contribution in [-0.4, -0.2) is 36.0 Å². The van der Waals surface area contributed by atoms with Crippen molar-refractivity contribution in [2.24, 2.45) is 0 Å². The molecule has 0 saturated heterocycles. The highest BCUT2D eigenvalue weighted by atomic mass is 79.9. The van der Waals surface area contributed by atoms with Crippen LogP contribution in [0.15, 0.2) is 23.1 Å². The summed E-state index contributed by atoms with van der Waals surface area (Å²) in [6.45, 7) is 1.85. The zero-order valence-corrected chi connectivity index (χ0v) is 11.0. The van der Waals surface area contributed by atoms with Crippen molar-refractivity contribution in [1.29, 1.82) is 0 Å². The quantitative estimate of drug-likeness (QED) is 0.581. The Balaban J connectivity index is 2.21. The van der Waals surface area contributed by atoms with Crippen LogP contribution in [0.5, 0.6) is 0 Å². The molecule has 0 saturated carbocycles. The second-order valence-electron chi connectivity index (χ2n) is 3.35. The van der Waals surface area contributed by atoms with E-state index >= 15 is 0 Å². The number of pyridine rings is 1. The second kappa shape index (κ2) is 8.03. The normalized spacial score (nSPS) is 10.2. The lowest BCUT2D eigenvalue weighted by Gasteiger charge is -2.05. The predicted octanol–water partition coefficient (Wildman–Crippen LogP) is 0.906. The van der Waals surface area contributed by atoms with Gasteiger partial charge < -0.3 is 15.0 Å². The summed E-state index contributed by atoms with van der Waals surface area (Å²) in [6, 6.07) is 2.82. The standard InChI is InChI=1S/C11H15BrN2O3/c12-4-7-17-6-1-5-13-11(16)9-2-3-10(15)14-8-9/h2-3,8H,1,4-7H2,(H,13,16)(H,14,15). The summed E-state index contributed by atoms with van der Waals surface area (Å²) in [5, 5.41) is 3.56. The van der Waals surface area contributed by atoms with Crippen molar-refractivity contribution >= 4 is 21.8 Å². The maximum Gasteiger partial charge on any atom is 0.252 e. The van der Waals surface area contributed by atoms with Gasteiger partial charge in [0, 0.05) is 30.7 Å². The number of halogens is 1. The van der Waals surface area contributed by atoms with Crippen LogP contribution < -0.4 is 10.9 Å². The van der Waals surface area contributed by atoms with Gasteiger partial charge in [0.2, 0.25) is 5.56 Å². The molecule has 1 aromatic rings. The van der Waals surface area contributed by atoms with Gasteiger partial charge in [-0.2, -0.15) is 0 Å². The molecule has 0 aliphatic rings. The molecule has 0 aliphatic carbocycles. The summed E-state index contributed by atoms with van der Waals surface area (Å²) in [7, 11) is 0. The molecule has 0 aromatic carbocycles. The Hall–Kier alpha value is -1.14. The number of ether oxygens (including phenoxy) is 1. The fourth-order valence-electron chi connectivity index (χ4n) is 1.19. The van der Waals surface area contributed by atoms with E-state index in [0.717, 1.165) is 11.8 Å². The minimum absolute atomic E-state index is 0.193. The van der Waals surface area contributed by atoms with E-state index in [0.29, 0.717) is 25.3 Å². The molecule has 0 spiro atoms. The summed E-state index contributed by atoms with van der Waals surface area (Å²) >= 11 is 3.25. The Morgan fingerprint density at radius 3 is 2.88 bits per heavy atom. The topological polar surface area (TPSA) is 71.2 Å². The van der Waals surface area contributed by atoms with Crippen LogP contribution in [-0.2, 0) is 4.74 Å². The second-order valence-corrected chi connectivity index (χ2v) is 4.15. The van der Waals surface area contributed by atoms with Crippen LogP contribution in [0, 0.1) is 0 Å². The molecule has 0 radical (unpaired) electrons. The molecule has 0 bridgehead atoms. The fourth-order valence-corrected chi connectivity index (χ4v) is 1.42. The summed E-state index contributed by atoms with van der Waals surface area (Å²) < 4.78 is 5.24. The van der Waals surface area contributed by atoms with Gasteiger partial charge in [-0.15, -0.1) is 0 Å². The van der Waals surface area contributed by atoms with Crippen LogP contribution in [0.1, 0.15) is 16.8 Å². The minimum atomic E-state index is -0.218. The summed E-state index contributed by atoms with van der Waals surface area (Å²) in [6.07, 6.45) is 2.17. The Labute approximate surface area is 108 Å². The monoisotopic (exact) mass is 302 g/mol. The summed E-state index contributed by atoms with van der Waals surface area (Å²) in [5.41, 5.74) is 0.232. The van der Waals surface area contributed by atoms with E-state index in [4.69, 9.17) is 4.74 Å². The highest BCUT2D eigenvalue weighted by Gasteiger charge is 2.03. The predicted molar refractivity (Wildman–Crippen MR) is 68.6 cm³/mol. The van der Waals surface area contributed by atoms with Gasteiger partial charge in [-0.25, -0.2) is 0 Å². The molecule has 6 heteroatoms. The van der Waals surface area contributed by atoms with Crippen molar-refractivity contribution in [3.05, 3.63) is 34.2 Å². The first-order chi connectivity index (χ1) is 8.24. The first kappa shape index (κ1) is 13.9. The molecule has 0 unspecified atom stereocenters. The largest absolute Gasteiger partial charge is 0.381 e. The Morgan fingerprint density at radius 1 is 1.41 bits per heavy atom. The van der Waals surface area contributed by atoms with E-state index in [9.17, 15) is 9.59 Å². The number of amides is 1. The van der Waals surface area contributed by atoms with Crippen molar-refractivity contribution in [1.82, 2.24) is 10.3 Å². The van der Waals surface area contributed by atoms with Crippen LogP contribution in [0.4, 0.5) is 0 Å². The highest BCUT2D eigenvalue weighted by molar-refractivity contribution is 9.09. The Bertz CT molecular complexity index is 385. The number of aromatic nitrogens is 1. The van der Waals surface area contributed by atoms with Crippen LogP contribution >= 0.6 is 15.9 Å². The van der Waals surface area contributed by atoms with Crippen molar-refractivity contribution in [3.63, 3.8) is 0 Å². The van der Waals surface area contributed by atoms with Gasteiger partial charge in [-0.1, -0.05) is 15.9 Å². The van der Waals surface area contributed by atoms with Crippen molar-refractivity contribution in [3.8, 4) is 0 Å². The van der Waals surface area contributed by atoms with Crippen molar-refractivity contribution in [2.45, 2.75) is 6.42 Å². The number of hydrogen-bond acceptors (Lipinski definition) is 3. The zero-order chi connectivity index (χ0) is 12.5. The molecule has 94 valence electrons. The molecule has 5 nitrogen and oxygen atoms in total. The van der Waals surface area contributed by atoms with Crippen molar-refractivity contribution in [2.75, 3.05) is 25.1 Å². The van der Waals surface area contributed by atoms with E-state index in [2.05, 4.69) is 26.2 Å². The van der Waals surface area contributed by atoms with Gasteiger partial charge in [-0.3, -0.25) is 9.59 Å². The fraction of sp³-hybridized carbons (Fsp3) is 0.455. The lowest BCUT2D eigenvalue weighted by Crippen LogP contribution is -2.26. The average molecular weight is 303 g/mol. The van der Waals surface area contributed by atoms with Gasteiger partial charge >= 0.3 is 0 Å². The third kappa shape index (κ3) is 5.65. The van der Waals surface area contributed by atoms with E-state index in [1.54, 1.807) is 0 Å².